The summed E-state index contributed by atoms with van der Waals surface area (Å²) in [7, 11) is 1.59. The predicted octanol–water partition coefficient (Wildman–Crippen LogP) is 1.22. The molecule has 98 valence electrons. The minimum atomic E-state index is -0.311. The molecule has 0 unspecified atom stereocenters. The van der Waals surface area contributed by atoms with Crippen LogP contribution in [0.15, 0.2) is 0 Å². The number of carbonyl (C=O) groups is 1. The van der Waals surface area contributed by atoms with Gasteiger partial charge in [-0.2, -0.15) is 0 Å². The third-order valence-corrected chi connectivity index (χ3v) is 4.31. The largest absolute Gasteiger partial charge is 0.393 e. The summed E-state index contributed by atoms with van der Waals surface area (Å²) in [6.07, 6.45) is 1.86. The zero-order valence-corrected chi connectivity index (χ0v) is 10.6. The molecule has 0 aliphatic heterocycles. The number of ether oxygens (including phenoxy) is 2. The zero-order chi connectivity index (χ0) is 12.4. The maximum absolute atomic E-state index is 11.7. The number of fused-ring (bicyclic) bond motifs is 1. The number of hydrogen-bond acceptors (Lipinski definition) is 4. The molecular weight excluding hydrogens is 220 g/mol. The van der Waals surface area contributed by atoms with Crippen molar-refractivity contribution in [2.45, 2.75) is 32.3 Å². The summed E-state index contributed by atoms with van der Waals surface area (Å²) in [6, 6.07) is 0. The van der Waals surface area contributed by atoms with Crippen molar-refractivity contribution in [3.05, 3.63) is 0 Å². The highest BCUT2D eigenvalue weighted by Crippen LogP contribution is 2.47. The van der Waals surface area contributed by atoms with E-state index in [2.05, 4.69) is 6.92 Å². The summed E-state index contributed by atoms with van der Waals surface area (Å²) < 4.78 is 10.2. The van der Waals surface area contributed by atoms with Crippen LogP contribution in [0.2, 0.25) is 0 Å². The number of methoxy groups -OCH3 is 1. The summed E-state index contributed by atoms with van der Waals surface area (Å²) in [6.45, 7) is 2.92. The average Bonchev–Trinajstić information content (AvgIpc) is 2.57. The quantitative estimate of drug-likeness (QED) is 0.595. The summed E-state index contributed by atoms with van der Waals surface area (Å²) >= 11 is 0. The van der Waals surface area contributed by atoms with Crippen LogP contribution < -0.4 is 0 Å². The second kappa shape index (κ2) is 5.46. The molecule has 4 heteroatoms. The molecule has 0 aromatic rings. The molecule has 0 amide bonds. The van der Waals surface area contributed by atoms with Gasteiger partial charge >= 0.3 is 0 Å². The number of carbonyl (C=O) groups excluding carboxylic acids is 1. The van der Waals surface area contributed by atoms with Crippen LogP contribution in [-0.2, 0) is 14.3 Å². The maximum Gasteiger partial charge on any atom is 0.146 e. The van der Waals surface area contributed by atoms with Gasteiger partial charge in [0.1, 0.15) is 12.6 Å². The maximum atomic E-state index is 11.7. The minimum absolute atomic E-state index is 0.155. The van der Waals surface area contributed by atoms with E-state index in [1.54, 1.807) is 7.11 Å². The highest BCUT2D eigenvalue weighted by atomic mass is 16.7. The third-order valence-electron chi connectivity index (χ3n) is 4.31. The van der Waals surface area contributed by atoms with Crippen molar-refractivity contribution >= 4 is 5.78 Å². The number of ketones is 1. The Morgan fingerprint density at radius 2 is 2.12 bits per heavy atom. The van der Waals surface area contributed by atoms with Gasteiger partial charge in [-0.25, -0.2) is 0 Å². The van der Waals surface area contributed by atoms with Crippen LogP contribution in [0.4, 0.5) is 0 Å². The zero-order valence-electron chi connectivity index (χ0n) is 10.6. The molecule has 0 aromatic carbocycles. The van der Waals surface area contributed by atoms with Crippen molar-refractivity contribution in [2.75, 3.05) is 20.5 Å². The first kappa shape index (κ1) is 13.0. The van der Waals surface area contributed by atoms with Gasteiger partial charge in [0.2, 0.25) is 0 Å². The molecule has 0 bridgehead atoms. The standard InChI is InChI=1S/C13H22O4/c1-8-3-11-9(6-17-7-16-2)4-10(14)5-12(11)13(8)15/h8-9,11-13,15H,3-7H2,1-2H3/t8-,9+,11+,12-,13+/m0/s1. The van der Waals surface area contributed by atoms with Gasteiger partial charge in [-0.15, -0.1) is 0 Å². The van der Waals surface area contributed by atoms with E-state index < -0.39 is 0 Å². The van der Waals surface area contributed by atoms with Crippen LogP contribution in [0.1, 0.15) is 26.2 Å². The molecule has 0 aromatic heterocycles. The van der Waals surface area contributed by atoms with E-state index in [9.17, 15) is 9.90 Å². The fourth-order valence-corrected chi connectivity index (χ4v) is 3.49. The summed E-state index contributed by atoms with van der Waals surface area (Å²) in [5, 5.41) is 10.1. The Bertz CT molecular complexity index is 279. The smallest absolute Gasteiger partial charge is 0.146 e. The van der Waals surface area contributed by atoms with Crippen molar-refractivity contribution in [3.8, 4) is 0 Å². The van der Waals surface area contributed by atoms with E-state index in [1.807, 2.05) is 0 Å². The van der Waals surface area contributed by atoms with E-state index in [1.165, 1.54) is 0 Å². The Labute approximate surface area is 102 Å². The molecule has 0 heterocycles. The molecule has 5 atom stereocenters. The lowest BCUT2D eigenvalue weighted by molar-refractivity contribution is -0.129. The van der Waals surface area contributed by atoms with Gasteiger partial charge in [-0.1, -0.05) is 6.92 Å². The fourth-order valence-electron chi connectivity index (χ4n) is 3.49. The van der Waals surface area contributed by atoms with E-state index in [0.29, 0.717) is 31.3 Å². The Balaban J connectivity index is 1.98. The first-order valence-electron chi connectivity index (χ1n) is 6.40. The molecular formula is C13H22O4. The Kier molecular flexibility index (Phi) is 4.17. The third kappa shape index (κ3) is 2.69. The minimum Gasteiger partial charge on any atom is -0.393 e. The average molecular weight is 242 g/mol. The Hall–Kier alpha value is -0.450. The van der Waals surface area contributed by atoms with E-state index in [-0.39, 0.29) is 30.5 Å². The van der Waals surface area contributed by atoms with Gasteiger partial charge in [-0.3, -0.25) is 4.79 Å². The molecule has 2 rings (SSSR count). The molecule has 4 nitrogen and oxygen atoms in total. The van der Waals surface area contributed by atoms with E-state index in [0.717, 1.165) is 6.42 Å². The van der Waals surface area contributed by atoms with Gasteiger partial charge in [-0.05, 0) is 30.1 Å². The second-order valence-corrected chi connectivity index (χ2v) is 5.52. The fraction of sp³-hybridized carbons (Fsp3) is 0.923. The van der Waals surface area contributed by atoms with Gasteiger partial charge in [0, 0.05) is 20.0 Å². The molecule has 2 aliphatic carbocycles. The summed E-state index contributed by atoms with van der Waals surface area (Å²) in [5.74, 6) is 1.43. The highest BCUT2D eigenvalue weighted by Gasteiger charge is 2.47. The van der Waals surface area contributed by atoms with Crippen LogP contribution in [-0.4, -0.2) is 37.5 Å². The van der Waals surface area contributed by atoms with Crippen LogP contribution in [0.3, 0.4) is 0 Å². The number of aliphatic hydroxyl groups is 1. The number of aliphatic hydroxyl groups excluding tert-OH is 1. The van der Waals surface area contributed by atoms with Gasteiger partial charge in [0.15, 0.2) is 0 Å². The second-order valence-electron chi connectivity index (χ2n) is 5.52. The Morgan fingerprint density at radius 1 is 1.35 bits per heavy atom. The van der Waals surface area contributed by atoms with Gasteiger partial charge in [0.05, 0.1) is 12.7 Å². The lowest BCUT2D eigenvalue weighted by atomic mass is 9.73. The monoisotopic (exact) mass is 242 g/mol. The number of rotatable bonds is 4. The van der Waals surface area contributed by atoms with E-state index in [4.69, 9.17) is 9.47 Å². The summed E-state index contributed by atoms with van der Waals surface area (Å²) in [5.41, 5.74) is 0. The molecule has 0 saturated heterocycles. The summed E-state index contributed by atoms with van der Waals surface area (Å²) in [4.78, 5) is 11.7. The first-order chi connectivity index (χ1) is 8.13. The predicted molar refractivity (Wildman–Crippen MR) is 62.3 cm³/mol. The van der Waals surface area contributed by atoms with Crippen molar-refractivity contribution in [2.24, 2.45) is 23.7 Å². The molecule has 17 heavy (non-hydrogen) atoms. The van der Waals surface area contributed by atoms with Gasteiger partial charge < -0.3 is 14.6 Å². The normalized spacial score (nSPS) is 41.6. The lowest BCUT2D eigenvalue weighted by Crippen LogP contribution is -2.36. The van der Waals surface area contributed by atoms with Crippen LogP contribution in [0, 0.1) is 23.7 Å². The van der Waals surface area contributed by atoms with Crippen LogP contribution in [0.5, 0.6) is 0 Å². The SMILES string of the molecule is COCOC[C@H]1CC(=O)C[C@@H]2[C@H](O)[C@@H](C)C[C@H]12. The first-order valence-corrected chi connectivity index (χ1v) is 6.40. The highest BCUT2D eigenvalue weighted by molar-refractivity contribution is 5.80. The van der Waals surface area contributed by atoms with E-state index >= 15 is 0 Å². The Morgan fingerprint density at radius 3 is 2.82 bits per heavy atom. The van der Waals surface area contributed by atoms with Crippen LogP contribution >= 0.6 is 0 Å². The van der Waals surface area contributed by atoms with Crippen LogP contribution in [0.25, 0.3) is 0 Å². The lowest BCUT2D eigenvalue weighted by Gasteiger charge is -2.33. The van der Waals surface area contributed by atoms with Crippen molar-refractivity contribution < 1.29 is 19.4 Å². The topological polar surface area (TPSA) is 55.8 Å². The van der Waals surface area contributed by atoms with Crippen molar-refractivity contribution in [1.82, 2.24) is 0 Å². The van der Waals surface area contributed by atoms with Crippen molar-refractivity contribution in [1.29, 1.82) is 0 Å². The van der Waals surface area contributed by atoms with Crippen molar-refractivity contribution in [3.63, 3.8) is 0 Å². The molecule has 0 radical (unpaired) electrons. The molecule has 2 fully saturated rings. The number of Topliss-reactive ketones (excluding diaryl/α,β-unsaturated/α-hetero) is 1. The molecule has 2 saturated carbocycles. The number of hydrogen-bond donors (Lipinski definition) is 1. The van der Waals surface area contributed by atoms with Gasteiger partial charge in [0.25, 0.3) is 0 Å². The molecule has 1 N–H and O–H groups in total. The molecule has 2 aliphatic rings. The molecule has 0 spiro atoms.